The van der Waals surface area contributed by atoms with Crippen molar-refractivity contribution in [2.24, 2.45) is 5.41 Å². The van der Waals surface area contributed by atoms with E-state index in [1.165, 1.54) is 30.3 Å². The SMILES string of the molecule is C=C(F)C(=O)N(CC(=O)O)NC(=O)[C@H](NC(=O)[C@@H](NC(=O)c1ccc(N)c(Cl)c1)C(C)(C)C)c1ccccc1. The van der Waals surface area contributed by atoms with Crippen molar-refractivity contribution in [3.05, 3.63) is 77.1 Å². The number of hydrogen-bond acceptors (Lipinski definition) is 6. The molecule has 13 heteroatoms. The Balaban J connectivity index is 2.37. The summed E-state index contributed by atoms with van der Waals surface area (Å²) >= 11 is 6.01. The quantitative estimate of drug-likeness (QED) is 0.178. The van der Waals surface area contributed by atoms with Gasteiger partial charge in [-0.15, -0.1) is 0 Å². The van der Waals surface area contributed by atoms with Crippen molar-refractivity contribution in [2.75, 3.05) is 12.3 Å². The number of nitrogens with two attached hydrogens (primary N) is 1. The highest BCUT2D eigenvalue weighted by atomic mass is 35.5. The highest BCUT2D eigenvalue weighted by molar-refractivity contribution is 6.33. The van der Waals surface area contributed by atoms with E-state index >= 15 is 0 Å². The van der Waals surface area contributed by atoms with Crippen molar-refractivity contribution in [1.29, 1.82) is 0 Å². The first-order valence-corrected chi connectivity index (χ1v) is 11.9. The van der Waals surface area contributed by atoms with Crippen LogP contribution < -0.4 is 21.8 Å². The van der Waals surface area contributed by atoms with Crippen molar-refractivity contribution < 1.29 is 33.5 Å². The number of carbonyl (C=O) groups excluding carboxylic acids is 4. The lowest BCUT2D eigenvalue weighted by Crippen LogP contribution is -2.57. The minimum atomic E-state index is -1.54. The standard InChI is InChI=1S/C26H29ClFN5O6/c1-14(28)25(39)33(13-19(34)35)32-23(37)20(15-8-6-5-7-9-15)30-24(38)21(26(2,3)4)31-22(36)16-10-11-18(29)17(27)12-16/h5-12,20-21H,1,13,29H2,2-4H3,(H,30,38)(H,31,36)(H,32,37)(H,34,35)/t20-,21-/m1/s1. The van der Waals surface area contributed by atoms with Gasteiger partial charge in [-0.05, 0) is 29.2 Å². The molecule has 0 aromatic heterocycles. The second-order valence-electron chi connectivity index (χ2n) is 9.53. The van der Waals surface area contributed by atoms with E-state index in [2.05, 4.69) is 17.2 Å². The fraction of sp³-hybridized carbons (Fsp3) is 0.269. The molecule has 0 spiro atoms. The van der Waals surface area contributed by atoms with Crippen molar-refractivity contribution in [3.8, 4) is 0 Å². The molecule has 0 heterocycles. The van der Waals surface area contributed by atoms with E-state index in [0.717, 1.165) is 0 Å². The Hall–Kier alpha value is -4.45. The van der Waals surface area contributed by atoms with Crippen LogP contribution in [0.4, 0.5) is 10.1 Å². The third-order valence-electron chi connectivity index (χ3n) is 5.36. The minimum absolute atomic E-state index is 0.142. The molecule has 39 heavy (non-hydrogen) atoms. The van der Waals surface area contributed by atoms with Gasteiger partial charge in [0.15, 0.2) is 5.83 Å². The molecule has 0 aliphatic carbocycles. The van der Waals surface area contributed by atoms with Gasteiger partial charge >= 0.3 is 11.9 Å². The molecule has 0 radical (unpaired) electrons. The number of aliphatic carboxylic acids is 1. The number of anilines is 1. The number of rotatable bonds is 9. The molecule has 0 saturated heterocycles. The smallest absolute Gasteiger partial charge is 0.325 e. The maximum Gasteiger partial charge on any atom is 0.325 e. The Labute approximate surface area is 229 Å². The van der Waals surface area contributed by atoms with Crippen LogP contribution in [0.3, 0.4) is 0 Å². The molecule has 0 unspecified atom stereocenters. The van der Waals surface area contributed by atoms with Crippen LogP contribution in [0.1, 0.15) is 42.7 Å². The van der Waals surface area contributed by atoms with Crippen LogP contribution in [-0.4, -0.2) is 52.3 Å². The Morgan fingerprint density at radius 1 is 1.05 bits per heavy atom. The normalized spacial score (nSPS) is 12.4. The first-order valence-electron chi connectivity index (χ1n) is 11.5. The summed E-state index contributed by atoms with van der Waals surface area (Å²) in [5.74, 6) is -6.97. The second-order valence-corrected chi connectivity index (χ2v) is 9.93. The molecule has 2 rings (SSSR count). The number of carboxylic acid groups (broad SMARTS) is 1. The molecule has 2 aromatic carbocycles. The molecule has 0 aliphatic heterocycles. The zero-order valence-corrected chi connectivity index (χ0v) is 22.2. The lowest BCUT2D eigenvalue weighted by Gasteiger charge is -2.32. The predicted molar refractivity (Wildman–Crippen MR) is 142 cm³/mol. The summed E-state index contributed by atoms with van der Waals surface area (Å²) in [6.45, 7) is 6.81. The molecule has 0 bridgehead atoms. The number of halogens is 2. The molecule has 2 aromatic rings. The van der Waals surface area contributed by atoms with Crippen molar-refractivity contribution >= 4 is 46.9 Å². The summed E-state index contributed by atoms with van der Waals surface area (Å²) in [5, 5.41) is 14.6. The van der Waals surface area contributed by atoms with E-state index < -0.39 is 59.5 Å². The largest absolute Gasteiger partial charge is 0.480 e. The maximum absolute atomic E-state index is 13.5. The molecule has 2 atom stereocenters. The van der Waals surface area contributed by atoms with Gasteiger partial charge < -0.3 is 21.5 Å². The third-order valence-corrected chi connectivity index (χ3v) is 5.69. The molecule has 0 saturated carbocycles. The number of benzene rings is 2. The van der Waals surface area contributed by atoms with Crippen LogP contribution in [0.2, 0.25) is 5.02 Å². The van der Waals surface area contributed by atoms with Crippen LogP contribution >= 0.6 is 11.6 Å². The monoisotopic (exact) mass is 561 g/mol. The predicted octanol–water partition coefficient (Wildman–Crippen LogP) is 2.35. The fourth-order valence-electron chi connectivity index (χ4n) is 3.37. The number of hydrogen-bond donors (Lipinski definition) is 5. The molecule has 11 nitrogen and oxygen atoms in total. The van der Waals surface area contributed by atoms with Gasteiger partial charge in [0.05, 0.1) is 10.7 Å². The molecule has 4 amide bonds. The number of amides is 4. The van der Waals surface area contributed by atoms with Gasteiger partial charge in [-0.2, -0.15) is 0 Å². The average molecular weight is 562 g/mol. The van der Waals surface area contributed by atoms with Gasteiger partial charge in [0, 0.05) is 5.56 Å². The van der Waals surface area contributed by atoms with Crippen molar-refractivity contribution in [2.45, 2.75) is 32.9 Å². The number of nitrogen functional groups attached to an aromatic ring is 1. The number of nitrogens with one attached hydrogen (secondary N) is 3. The van der Waals surface area contributed by atoms with Gasteiger partial charge in [-0.1, -0.05) is 69.3 Å². The fourth-order valence-corrected chi connectivity index (χ4v) is 3.55. The lowest BCUT2D eigenvalue weighted by molar-refractivity contribution is -0.149. The van der Waals surface area contributed by atoms with Crippen LogP contribution in [0, 0.1) is 5.41 Å². The first-order chi connectivity index (χ1) is 18.1. The maximum atomic E-state index is 13.5. The van der Waals surface area contributed by atoms with Gasteiger partial charge in [0.25, 0.3) is 11.8 Å². The van der Waals surface area contributed by atoms with E-state index in [-0.39, 0.29) is 26.8 Å². The van der Waals surface area contributed by atoms with E-state index in [0.29, 0.717) is 0 Å². The van der Waals surface area contributed by atoms with Gasteiger partial charge in [-0.25, -0.2) is 9.40 Å². The van der Waals surface area contributed by atoms with Crippen molar-refractivity contribution in [3.63, 3.8) is 0 Å². The summed E-state index contributed by atoms with van der Waals surface area (Å²) in [4.78, 5) is 62.8. The Morgan fingerprint density at radius 3 is 2.18 bits per heavy atom. The molecular formula is C26H29ClFN5O6. The highest BCUT2D eigenvalue weighted by Gasteiger charge is 2.36. The van der Waals surface area contributed by atoms with E-state index in [1.807, 2.05) is 5.43 Å². The number of nitrogens with zero attached hydrogens (tertiary/aromatic N) is 1. The highest BCUT2D eigenvalue weighted by Crippen LogP contribution is 2.24. The molecule has 0 fully saturated rings. The Morgan fingerprint density at radius 2 is 1.67 bits per heavy atom. The summed E-state index contributed by atoms with van der Waals surface area (Å²) < 4.78 is 13.5. The van der Waals surface area contributed by atoms with E-state index in [4.69, 9.17) is 22.4 Å². The van der Waals surface area contributed by atoms with Gasteiger partial charge in [0.2, 0.25) is 5.91 Å². The van der Waals surface area contributed by atoms with Crippen LogP contribution in [0.25, 0.3) is 0 Å². The van der Waals surface area contributed by atoms with E-state index in [1.54, 1.807) is 39.0 Å². The first kappa shape index (κ1) is 30.8. The summed E-state index contributed by atoms with van der Waals surface area (Å²) in [6.07, 6.45) is 0. The van der Waals surface area contributed by atoms with E-state index in [9.17, 15) is 28.4 Å². The van der Waals surface area contributed by atoms with Gasteiger partial charge in [0.1, 0.15) is 18.6 Å². The van der Waals surface area contributed by atoms with Gasteiger partial charge in [-0.3, -0.25) is 29.4 Å². The topological polar surface area (TPSA) is 171 Å². The number of carbonyl (C=O) groups is 5. The van der Waals surface area contributed by atoms with Crippen LogP contribution in [0.5, 0.6) is 0 Å². The average Bonchev–Trinajstić information content (AvgIpc) is 2.85. The summed E-state index contributed by atoms with van der Waals surface area (Å²) in [6, 6.07) is 9.40. The third kappa shape index (κ3) is 8.54. The Bertz CT molecular complexity index is 1280. The summed E-state index contributed by atoms with van der Waals surface area (Å²) in [5.41, 5.74) is 7.53. The second kappa shape index (κ2) is 12.9. The van der Waals surface area contributed by atoms with Crippen LogP contribution in [-0.2, 0) is 19.2 Å². The Kier molecular flexibility index (Phi) is 10.2. The van der Waals surface area contributed by atoms with Crippen LogP contribution in [0.15, 0.2) is 60.9 Å². The zero-order chi connectivity index (χ0) is 29.5. The lowest BCUT2D eigenvalue weighted by atomic mass is 9.85. The number of carboxylic acids is 1. The molecule has 6 N–H and O–H groups in total. The summed E-state index contributed by atoms with van der Waals surface area (Å²) in [7, 11) is 0. The molecule has 208 valence electrons. The molecular weight excluding hydrogens is 533 g/mol. The minimum Gasteiger partial charge on any atom is -0.480 e. The molecule has 0 aliphatic rings. The zero-order valence-electron chi connectivity index (χ0n) is 21.5. The van der Waals surface area contributed by atoms with Crippen molar-refractivity contribution in [1.82, 2.24) is 21.1 Å². The number of hydrazine groups is 1.